The average molecular weight is 346 g/mol. The van der Waals surface area contributed by atoms with Gasteiger partial charge in [-0.25, -0.2) is 19.2 Å². The molecular formula is C19H14N4O3. The van der Waals surface area contributed by atoms with Crippen LogP contribution in [0.25, 0.3) is 16.6 Å². The Balaban J connectivity index is 2.00. The quantitative estimate of drug-likeness (QED) is 0.554. The monoisotopic (exact) mass is 346 g/mol. The first kappa shape index (κ1) is 15.8. The number of anilines is 2. The van der Waals surface area contributed by atoms with E-state index in [4.69, 9.17) is 0 Å². The predicted molar refractivity (Wildman–Crippen MR) is 98.2 cm³/mol. The molecule has 2 heterocycles. The molecule has 26 heavy (non-hydrogen) atoms. The second-order valence-corrected chi connectivity index (χ2v) is 5.82. The topological polar surface area (TPSA) is 96.6 Å². The van der Waals surface area contributed by atoms with Gasteiger partial charge in [0.2, 0.25) is 5.95 Å². The normalized spacial score (nSPS) is 11.0. The molecule has 0 radical (unpaired) electrons. The minimum atomic E-state index is -1.07. The number of hydrogen-bond donors (Lipinski definition) is 2. The van der Waals surface area contributed by atoms with Gasteiger partial charge in [0, 0.05) is 11.8 Å². The van der Waals surface area contributed by atoms with Gasteiger partial charge in [0.25, 0.3) is 5.56 Å². The number of aromatic carboxylic acids is 1. The van der Waals surface area contributed by atoms with Crippen LogP contribution in [0.4, 0.5) is 11.6 Å². The lowest BCUT2D eigenvalue weighted by atomic mass is 10.2. The van der Waals surface area contributed by atoms with Crippen molar-refractivity contribution < 1.29 is 9.90 Å². The summed E-state index contributed by atoms with van der Waals surface area (Å²) in [7, 11) is 0. The molecule has 0 saturated carbocycles. The first-order valence-corrected chi connectivity index (χ1v) is 7.93. The van der Waals surface area contributed by atoms with E-state index in [1.54, 1.807) is 49.4 Å². The molecule has 0 atom stereocenters. The lowest BCUT2D eigenvalue weighted by Crippen LogP contribution is -2.20. The standard InChI is InChI=1S/C19H14N4O3/c1-11-10-16-21-14-8-4-2-6-12(14)17(24)23(16)19(20-11)22-15-9-5-3-7-13(15)18(25)26/h2-10H,1H3,(H,20,22)(H,25,26). The van der Waals surface area contributed by atoms with Crippen LogP contribution in [0.5, 0.6) is 0 Å². The molecule has 4 rings (SSSR count). The van der Waals surface area contributed by atoms with Crippen molar-refractivity contribution >= 4 is 34.2 Å². The fourth-order valence-corrected chi connectivity index (χ4v) is 2.87. The summed E-state index contributed by atoms with van der Waals surface area (Å²) in [5.74, 6) is -0.849. The Morgan fingerprint density at radius 3 is 2.62 bits per heavy atom. The van der Waals surface area contributed by atoms with E-state index in [1.165, 1.54) is 10.5 Å². The van der Waals surface area contributed by atoms with Crippen LogP contribution in [0.3, 0.4) is 0 Å². The molecule has 2 N–H and O–H groups in total. The second kappa shape index (κ2) is 5.96. The number of nitrogens with one attached hydrogen (secondary N) is 1. The Kier molecular flexibility index (Phi) is 3.62. The van der Waals surface area contributed by atoms with E-state index >= 15 is 0 Å². The van der Waals surface area contributed by atoms with Crippen molar-refractivity contribution in [3.63, 3.8) is 0 Å². The van der Waals surface area contributed by atoms with Crippen LogP contribution in [0.1, 0.15) is 16.1 Å². The highest BCUT2D eigenvalue weighted by atomic mass is 16.4. The maximum atomic E-state index is 13.0. The number of nitrogens with zero attached hydrogens (tertiary/aromatic N) is 3. The zero-order valence-electron chi connectivity index (χ0n) is 13.8. The third-order valence-corrected chi connectivity index (χ3v) is 4.04. The summed E-state index contributed by atoms with van der Waals surface area (Å²) in [6.07, 6.45) is 0. The van der Waals surface area contributed by atoms with Crippen molar-refractivity contribution in [3.8, 4) is 0 Å². The number of aromatic nitrogens is 3. The smallest absolute Gasteiger partial charge is 0.337 e. The maximum absolute atomic E-state index is 13.0. The number of carbonyl (C=O) groups is 1. The summed E-state index contributed by atoms with van der Waals surface area (Å²) in [6, 6.07) is 15.2. The van der Waals surface area contributed by atoms with Gasteiger partial charge in [-0.2, -0.15) is 0 Å². The highest BCUT2D eigenvalue weighted by Crippen LogP contribution is 2.21. The number of hydrogen-bond acceptors (Lipinski definition) is 5. The Hall–Kier alpha value is -3.74. The molecule has 0 unspecified atom stereocenters. The van der Waals surface area contributed by atoms with Gasteiger partial charge in [-0.05, 0) is 31.2 Å². The van der Waals surface area contributed by atoms with E-state index in [0.717, 1.165) is 0 Å². The first-order chi connectivity index (χ1) is 12.5. The molecule has 4 aromatic rings. The van der Waals surface area contributed by atoms with Gasteiger partial charge in [-0.3, -0.25) is 4.79 Å². The van der Waals surface area contributed by atoms with Crippen LogP contribution in [0.15, 0.2) is 59.4 Å². The first-order valence-electron chi connectivity index (χ1n) is 7.93. The number of rotatable bonds is 3. The van der Waals surface area contributed by atoms with Crippen molar-refractivity contribution in [1.29, 1.82) is 0 Å². The Morgan fingerprint density at radius 1 is 1.08 bits per heavy atom. The molecule has 2 aromatic heterocycles. The van der Waals surface area contributed by atoms with Crippen molar-refractivity contribution in [3.05, 3.63) is 76.2 Å². The number of carboxylic acid groups (broad SMARTS) is 1. The van der Waals surface area contributed by atoms with E-state index < -0.39 is 5.97 Å². The second-order valence-electron chi connectivity index (χ2n) is 5.82. The molecule has 0 fully saturated rings. The molecule has 0 aliphatic carbocycles. The summed E-state index contributed by atoms with van der Waals surface area (Å²) in [6.45, 7) is 1.79. The Labute approximate surface area is 147 Å². The summed E-state index contributed by atoms with van der Waals surface area (Å²) in [5, 5.41) is 12.8. The molecule has 128 valence electrons. The van der Waals surface area contributed by atoms with Crippen LogP contribution in [-0.2, 0) is 0 Å². The molecular weight excluding hydrogens is 332 g/mol. The van der Waals surface area contributed by atoms with Gasteiger partial charge in [0.15, 0.2) is 0 Å². The number of carboxylic acids is 1. The average Bonchev–Trinajstić information content (AvgIpc) is 2.61. The van der Waals surface area contributed by atoms with Crippen LogP contribution in [-0.4, -0.2) is 25.4 Å². The van der Waals surface area contributed by atoms with Gasteiger partial charge in [-0.1, -0.05) is 24.3 Å². The lowest BCUT2D eigenvalue weighted by molar-refractivity contribution is 0.0698. The maximum Gasteiger partial charge on any atom is 0.337 e. The van der Waals surface area contributed by atoms with Gasteiger partial charge in [0.05, 0.1) is 22.2 Å². The highest BCUT2D eigenvalue weighted by Gasteiger charge is 2.14. The van der Waals surface area contributed by atoms with Crippen LogP contribution in [0.2, 0.25) is 0 Å². The SMILES string of the molecule is Cc1cc2nc3ccccc3c(=O)n2c(Nc2ccccc2C(=O)O)n1. The van der Waals surface area contributed by atoms with E-state index in [-0.39, 0.29) is 17.1 Å². The zero-order valence-corrected chi connectivity index (χ0v) is 13.8. The van der Waals surface area contributed by atoms with Crippen molar-refractivity contribution in [2.75, 3.05) is 5.32 Å². The molecule has 0 bridgehead atoms. The van der Waals surface area contributed by atoms with E-state index in [0.29, 0.717) is 27.9 Å². The van der Waals surface area contributed by atoms with Crippen LogP contribution in [0, 0.1) is 6.92 Å². The zero-order chi connectivity index (χ0) is 18.3. The number of benzene rings is 2. The molecule has 0 aliphatic rings. The van der Waals surface area contributed by atoms with Crippen molar-refractivity contribution in [1.82, 2.24) is 14.4 Å². The minimum absolute atomic E-state index is 0.0887. The summed E-state index contributed by atoms with van der Waals surface area (Å²) < 4.78 is 1.36. The van der Waals surface area contributed by atoms with Gasteiger partial charge < -0.3 is 10.4 Å². The molecule has 2 aromatic carbocycles. The third-order valence-electron chi connectivity index (χ3n) is 4.04. The van der Waals surface area contributed by atoms with Crippen molar-refractivity contribution in [2.24, 2.45) is 0 Å². The summed E-state index contributed by atoms with van der Waals surface area (Å²) in [5.41, 5.74) is 1.86. The minimum Gasteiger partial charge on any atom is -0.478 e. The molecule has 0 spiro atoms. The van der Waals surface area contributed by atoms with E-state index in [9.17, 15) is 14.7 Å². The Bertz CT molecular complexity index is 1230. The van der Waals surface area contributed by atoms with E-state index in [2.05, 4.69) is 15.3 Å². The number of para-hydroxylation sites is 2. The van der Waals surface area contributed by atoms with Gasteiger partial charge in [0.1, 0.15) is 5.65 Å². The summed E-state index contributed by atoms with van der Waals surface area (Å²) in [4.78, 5) is 33.3. The molecule has 0 aliphatic heterocycles. The lowest BCUT2D eigenvalue weighted by Gasteiger charge is -2.13. The van der Waals surface area contributed by atoms with Crippen molar-refractivity contribution in [2.45, 2.75) is 6.92 Å². The largest absolute Gasteiger partial charge is 0.478 e. The highest BCUT2D eigenvalue weighted by molar-refractivity contribution is 5.95. The predicted octanol–water partition coefficient (Wildman–Crippen LogP) is 2.99. The molecule has 0 saturated heterocycles. The Morgan fingerprint density at radius 2 is 1.81 bits per heavy atom. The third kappa shape index (κ3) is 2.55. The number of fused-ring (bicyclic) bond motifs is 2. The fraction of sp³-hybridized carbons (Fsp3) is 0.0526. The molecule has 7 nitrogen and oxygen atoms in total. The van der Waals surface area contributed by atoms with E-state index in [1.807, 2.05) is 6.07 Å². The number of aryl methyl sites for hydroxylation is 1. The molecule has 0 amide bonds. The van der Waals surface area contributed by atoms with Gasteiger partial charge in [-0.15, -0.1) is 0 Å². The van der Waals surface area contributed by atoms with Crippen LogP contribution >= 0.6 is 0 Å². The summed E-state index contributed by atoms with van der Waals surface area (Å²) >= 11 is 0. The molecule has 7 heteroatoms. The van der Waals surface area contributed by atoms with Gasteiger partial charge >= 0.3 is 5.97 Å². The fourth-order valence-electron chi connectivity index (χ4n) is 2.87. The van der Waals surface area contributed by atoms with Crippen LogP contribution < -0.4 is 10.9 Å².